The van der Waals surface area contributed by atoms with Crippen LogP contribution < -0.4 is 0 Å². The van der Waals surface area contributed by atoms with Gasteiger partial charge in [0.25, 0.3) is 0 Å². The molecule has 0 saturated heterocycles. The van der Waals surface area contributed by atoms with Gasteiger partial charge in [0.05, 0.1) is 6.10 Å². The first-order valence-corrected chi connectivity index (χ1v) is 11.6. The zero-order valence-corrected chi connectivity index (χ0v) is 20.9. The number of unbranched alkanes of at least 4 members (excludes halogenated alkanes) is 2. The van der Waals surface area contributed by atoms with E-state index < -0.39 is 6.10 Å². The lowest BCUT2D eigenvalue weighted by Crippen LogP contribution is -2.33. The molecule has 0 saturated carbocycles. The Morgan fingerprint density at radius 1 is 0.710 bits per heavy atom. The molecule has 0 bridgehead atoms. The highest BCUT2D eigenvalue weighted by atomic mass is 16.5. The number of rotatable bonds is 18. The van der Waals surface area contributed by atoms with E-state index in [0.29, 0.717) is 19.4 Å². The first kappa shape index (κ1) is 29.8. The van der Waals surface area contributed by atoms with Crippen LogP contribution in [0, 0.1) is 0 Å². The number of aliphatic hydroxyl groups excluding tert-OH is 1. The summed E-state index contributed by atoms with van der Waals surface area (Å²) in [6.07, 6.45) is 3.48. The van der Waals surface area contributed by atoms with Gasteiger partial charge in [0.1, 0.15) is 12.2 Å². The molecule has 1 N–H and O–H groups in total. The van der Waals surface area contributed by atoms with Crippen molar-refractivity contribution < 1.29 is 24.2 Å². The number of aliphatic hydroxyl groups is 1. The predicted octanol–water partition coefficient (Wildman–Crippen LogP) is 2.00. The van der Waals surface area contributed by atoms with E-state index in [1.807, 2.05) is 51.8 Å². The Labute approximate surface area is 189 Å². The molecule has 3 unspecified atom stereocenters. The van der Waals surface area contributed by atoms with Gasteiger partial charge in [-0.15, -0.1) is 0 Å². The fourth-order valence-corrected chi connectivity index (χ4v) is 3.55. The van der Waals surface area contributed by atoms with Gasteiger partial charge in [0.2, 0.25) is 0 Å². The number of carbonyl (C=O) groups excluding carboxylic acids is 2. The molecule has 8 nitrogen and oxygen atoms in total. The summed E-state index contributed by atoms with van der Waals surface area (Å²) in [7, 11) is 7.82. The molecule has 0 rings (SSSR count). The van der Waals surface area contributed by atoms with Crippen LogP contribution in [0.3, 0.4) is 0 Å². The number of nitrogens with zero attached hydrogens (tertiary/aromatic N) is 3. The second kappa shape index (κ2) is 17.3. The van der Waals surface area contributed by atoms with E-state index in [1.54, 1.807) is 6.92 Å². The number of carbonyl (C=O) groups is 2. The quantitative estimate of drug-likeness (QED) is 0.253. The molecule has 8 heteroatoms. The van der Waals surface area contributed by atoms with Gasteiger partial charge in [-0.3, -0.25) is 9.59 Å². The highest BCUT2D eigenvalue weighted by Gasteiger charge is 2.13. The Kier molecular flexibility index (Phi) is 16.7. The molecule has 0 aromatic heterocycles. The Bertz CT molecular complexity index is 448. The molecule has 0 aliphatic carbocycles. The van der Waals surface area contributed by atoms with Gasteiger partial charge in [-0.25, -0.2) is 0 Å². The van der Waals surface area contributed by atoms with Crippen LogP contribution >= 0.6 is 0 Å². The second-order valence-corrected chi connectivity index (χ2v) is 9.19. The van der Waals surface area contributed by atoms with Crippen molar-refractivity contribution >= 4 is 11.9 Å². The van der Waals surface area contributed by atoms with E-state index in [-0.39, 0.29) is 24.1 Å². The summed E-state index contributed by atoms with van der Waals surface area (Å²) in [5.41, 5.74) is 0. The molecule has 0 aliphatic heterocycles. The molecule has 0 radical (unpaired) electrons. The lowest BCUT2D eigenvalue weighted by molar-refractivity contribution is -0.149. The van der Waals surface area contributed by atoms with Gasteiger partial charge in [-0.05, 0) is 87.7 Å². The van der Waals surface area contributed by atoms with Crippen molar-refractivity contribution in [1.82, 2.24) is 14.7 Å². The number of hydrogen-bond donors (Lipinski definition) is 1. The van der Waals surface area contributed by atoms with E-state index in [9.17, 15) is 14.7 Å². The number of ether oxygens (including phenoxy) is 2. The summed E-state index contributed by atoms with van der Waals surface area (Å²) in [5.74, 6) is -0.308. The van der Waals surface area contributed by atoms with E-state index in [4.69, 9.17) is 9.47 Å². The highest BCUT2D eigenvalue weighted by Crippen LogP contribution is 2.07. The molecule has 0 aliphatic rings. The van der Waals surface area contributed by atoms with E-state index in [1.165, 1.54) is 0 Å². The Morgan fingerprint density at radius 2 is 1.10 bits per heavy atom. The van der Waals surface area contributed by atoms with Crippen LogP contribution in [0.1, 0.15) is 59.3 Å². The van der Waals surface area contributed by atoms with Crippen molar-refractivity contribution in [1.29, 1.82) is 0 Å². The molecule has 0 aromatic carbocycles. The maximum Gasteiger partial charge on any atom is 0.306 e. The summed E-state index contributed by atoms with van der Waals surface area (Å²) in [6, 6.07) is 0. The summed E-state index contributed by atoms with van der Waals surface area (Å²) < 4.78 is 10.8. The van der Waals surface area contributed by atoms with Crippen LogP contribution in [-0.2, 0) is 19.1 Å². The zero-order valence-electron chi connectivity index (χ0n) is 20.9. The summed E-state index contributed by atoms with van der Waals surface area (Å²) >= 11 is 0. The molecule has 0 heterocycles. The van der Waals surface area contributed by atoms with Crippen LogP contribution in [0.15, 0.2) is 0 Å². The first-order chi connectivity index (χ1) is 14.5. The van der Waals surface area contributed by atoms with E-state index in [2.05, 4.69) is 4.90 Å². The number of hydrogen-bond acceptors (Lipinski definition) is 8. The van der Waals surface area contributed by atoms with Crippen molar-refractivity contribution in [2.75, 3.05) is 60.9 Å². The van der Waals surface area contributed by atoms with Crippen LogP contribution in [0.2, 0.25) is 0 Å². The SMILES string of the molecule is CC(O)CN(CCCCC(=O)OC(C)CN(C)C)CCCCC(=O)OC(C)CN(C)C. The third-order valence-electron chi connectivity index (χ3n) is 4.64. The molecule has 0 aromatic rings. The fraction of sp³-hybridized carbons (Fsp3) is 0.913. The maximum atomic E-state index is 11.9. The predicted molar refractivity (Wildman–Crippen MR) is 124 cm³/mol. The average Bonchev–Trinajstić information content (AvgIpc) is 2.59. The van der Waals surface area contributed by atoms with Crippen molar-refractivity contribution in [3.05, 3.63) is 0 Å². The van der Waals surface area contributed by atoms with Crippen LogP contribution in [0.5, 0.6) is 0 Å². The molecule has 0 spiro atoms. The van der Waals surface area contributed by atoms with Gasteiger partial charge in [0.15, 0.2) is 0 Å². The lowest BCUT2D eigenvalue weighted by atomic mass is 10.2. The minimum Gasteiger partial charge on any atom is -0.461 e. The smallest absolute Gasteiger partial charge is 0.306 e. The monoisotopic (exact) mass is 445 g/mol. The Hall–Kier alpha value is -1.22. The number of likely N-dealkylation sites (N-methyl/N-ethyl adjacent to an activating group) is 2. The van der Waals surface area contributed by atoms with Crippen LogP contribution in [-0.4, -0.2) is 111 Å². The second-order valence-electron chi connectivity index (χ2n) is 9.19. The normalized spacial score (nSPS) is 14.7. The molecule has 31 heavy (non-hydrogen) atoms. The van der Waals surface area contributed by atoms with Gasteiger partial charge < -0.3 is 29.3 Å². The summed E-state index contributed by atoms with van der Waals surface area (Å²) in [4.78, 5) is 30.0. The van der Waals surface area contributed by atoms with E-state index >= 15 is 0 Å². The summed E-state index contributed by atoms with van der Waals surface area (Å²) in [5, 5.41) is 9.76. The van der Waals surface area contributed by atoms with E-state index in [0.717, 1.165) is 51.9 Å². The lowest BCUT2D eigenvalue weighted by Gasteiger charge is -2.24. The third kappa shape index (κ3) is 19.2. The highest BCUT2D eigenvalue weighted by molar-refractivity contribution is 5.69. The van der Waals surface area contributed by atoms with Gasteiger partial charge in [0, 0.05) is 32.5 Å². The topological polar surface area (TPSA) is 82.5 Å². The molecular formula is C23H47N3O5. The van der Waals surface area contributed by atoms with Crippen LogP contribution in [0.4, 0.5) is 0 Å². The van der Waals surface area contributed by atoms with Crippen molar-refractivity contribution in [2.45, 2.75) is 77.6 Å². The van der Waals surface area contributed by atoms with Gasteiger partial charge in [-0.1, -0.05) is 0 Å². The molecule has 3 atom stereocenters. The third-order valence-corrected chi connectivity index (χ3v) is 4.64. The standard InChI is InChI=1S/C23H47N3O5/c1-19(27)16-26(14-10-8-12-22(28)30-20(2)17-24(4)5)15-11-9-13-23(29)31-21(3)18-25(6)7/h19-21,27H,8-18H2,1-7H3. The average molecular weight is 446 g/mol. The Morgan fingerprint density at radius 3 is 1.42 bits per heavy atom. The first-order valence-electron chi connectivity index (χ1n) is 11.6. The molecule has 0 fully saturated rings. The van der Waals surface area contributed by atoms with Crippen molar-refractivity contribution in [3.63, 3.8) is 0 Å². The Balaban J connectivity index is 4.08. The van der Waals surface area contributed by atoms with Gasteiger partial charge in [-0.2, -0.15) is 0 Å². The molecule has 184 valence electrons. The number of esters is 2. The van der Waals surface area contributed by atoms with Crippen molar-refractivity contribution in [2.24, 2.45) is 0 Å². The van der Waals surface area contributed by atoms with Gasteiger partial charge >= 0.3 is 11.9 Å². The molecule has 0 amide bonds. The summed E-state index contributed by atoms with van der Waals surface area (Å²) in [6.45, 7) is 9.24. The maximum absolute atomic E-state index is 11.9. The van der Waals surface area contributed by atoms with Crippen molar-refractivity contribution in [3.8, 4) is 0 Å². The minimum atomic E-state index is -0.409. The molecular weight excluding hydrogens is 398 g/mol. The van der Waals surface area contributed by atoms with Crippen LogP contribution in [0.25, 0.3) is 0 Å². The zero-order chi connectivity index (χ0) is 23.8. The largest absolute Gasteiger partial charge is 0.461 e. The minimum absolute atomic E-state index is 0.105. The fourth-order valence-electron chi connectivity index (χ4n) is 3.55.